The van der Waals surface area contributed by atoms with Gasteiger partial charge >= 0.3 is 0 Å². The van der Waals surface area contributed by atoms with Gasteiger partial charge in [-0.25, -0.2) is 13.2 Å². The highest BCUT2D eigenvalue weighted by atomic mass is 35.5. The van der Waals surface area contributed by atoms with Crippen LogP contribution in [-0.4, -0.2) is 22.1 Å². The van der Waals surface area contributed by atoms with Crippen molar-refractivity contribution in [3.8, 4) is 6.07 Å². The van der Waals surface area contributed by atoms with Crippen LogP contribution in [0.4, 0.5) is 24.7 Å². The second-order valence-electron chi connectivity index (χ2n) is 7.44. The van der Waals surface area contributed by atoms with Crippen molar-refractivity contribution in [3.05, 3.63) is 40.8 Å². The van der Waals surface area contributed by atoms with E-state index < -0.39 is 24.1 Å². The van der Waals surface area contributed by atoms with Crippen LogP contribution in [0.5, 0.6) is 0 Å². The Bertz CT molecular complexity index is 958. The smallest absolute Gasteiger partial charge is 0.254 e. The summed E-state index contributed by atoms with van der Waals surface area (Å²) in [4.78, 5) is 11.9. The minimum atomic E-state index is -2.35. The van der Waals surface area contributed by atoms with Gasteiger partial charge in [0.15, 0.2) is 5.82 Å². The maximum absolute atomic E-state index is 13.4. The van der Waals surface area contributed by atoms with Crippen LogP contribution in [-0.2, 0) is 0 Å². The first-order valence-electron chi connectivity index (χ1n) is 9.57. The Labute approximate surface area is 176 Å². The Morgan fingerprint density at radius 1 is 1.43 bits per heavy atom. The second kappa shape index (κ2) is 9.39. The van der Waals surface area contributed by atoms with Gasteiger partial charge in [-0.3, -0.25) is 9.48 Å². The zero-order valence-electron chi connectivity index (χ0n) is 16.0. The average molecular weight is 440 g/mol. The van der Waals surface area contributed by atoms with E-state index in [4.69, 9.17) is 17.3 Å². The lowest BCUT2D eigenvalue weighted by Gasteiger charge is -2.32. The molecule has 0 bridgehead atoms. The number of primary amides is 1. The molecule has 1 aromatic heterocycles. The van der Waals surface area contributed by atoms with Crippen molar-refractivity contribution < 1.29 is 18.0 Å². The van der Waals surface area contributed by atoms with Gasteiger partial charge in [-0.05, 0) is 49.8 Å². The van der Waals surface area contributed by atoms with Crippen LogP contribution in [0.2, 0.25) is 5.02 Å². The molecule has 0 spiro atoms. The third kappa shape index (κ3) is 5.05. The Balaban J connectivity index is 1.80. The Hall–Kier alpha value is -2.73. The third-order valence-electron chi connectivity index (χ3n) is 5.40. The standard InChI is InChI=1S/C20H21ClF3N5O/c21-15-8-13(3-4-16(15)22)27-20-14(19(26)30)10-29(28-20)17-5-1-11(2-6-18(23)24)7-12(17)9-25/h3-4,8,10-12,17-18H,1-2,5-7H2,(H2,26,30)(H,27,28)/t11-,12-,17+/m1/s1. The minimum Gasteiger partial charge on any atom is -0.365 e. The Morgan fingerprint density at radius 3 is 2.83 bits per heavy atom. The predicted octanol–water partition coefficient (Wildman–Crippen LogP) is 5.04. The van der Waals surface area contributed by atoms with Gasteiger partial charge in [0.1, 0.15) is 11.4 Å². The van der Waals surface area contributed by atoms with Crippen LogP contribution in [0.15, 0.2) is 24.4 Å². The zero-order valence-corrected chi connectivity index (χ0v) is 16.7. The summed E-state index contributed by atoms with van der Waals surface area (Å²) < 4.78 is 39.9. The first-order valence-corrected chi connectivity index (χ1v) is 9.95. The van der Waals surface area contributed by atoms with Gasteiger partial charge in [0.05, 0.1) is 23.1 Å². The molecule has 3 rings (SSSR count). The fraction of sp³-hybridized carbons (Fsp3) is 0.450. The number of alkyl halides is 2. The van der Waals surface area contributed by atoms with Crippen LogP contribution < -0.4 is 11.1 Å². The van der Waals surface area contributed by atoms with Gasteiger partial charge in [-0.2, -0.15) is 10.4 Å². The molecule has 0 unspecified atom stereocenters. The van der Waals surface area contributed by atoms with Gasteiger partial charge in [-0.1, -0.05) is 11.6 Å². The summed E-state index contributed by atoms with van der Waals surface area (Å²) in [5.74, 6) is -1.48. The molecular formula is C20H21ClF3N5O. The summed E-state index contributed by atoms with van der Waals surface area (Å²) in [5.41, 5.74) is 6.00. The van der Waals surface area contributed by atoms with Crippen molar-refractivity contribution in [1.29, 1.82) is 5.26 Å². The molecule has 1 aliphatic rings. The first kappa shape index (κ1) is 22.0. The van der Waals surface area contributed by atoms with Crippen molar-refractivity contribution >= 4 is 29.0 Å². The number of benzene rings is 1. The fourth-order valence-corrected chi connectivity index (χ4v) is 4.05. The molecule has 1 heterocycles. The molecule has 6 nitrogen and oxygen atoms in total. The van der Waals surface area contributed by atoms with Crippen LogP contribution in [0.25, 0.3) is 0 Å². The lowest BCUT2D eigenvalue weighted by atomic mass is 9.77. The normalized spacial score (nSPS) is 21.4. The number of nitrogens with zero attached hydrogens (tertiary/aromatic N) is 3. The molecule has 0 saturated heterocycles. The van der Waals surface area contributed by atoms with Crippen LogP contribution >= 0.6 is 11.6 Å². The summed E-state index contributed by atoms with van der Waals surface area (Å²) in [6.45, 7) is 0. The lowest BCUT2D eigenvalue weighted by molar-refractivity contribution is 0.100. The molecule has 0 aliphatic heterocycles. The van der Waals surface area contributed by atoms with E-state index in [1.807, 2.05) is 0 Å². The lowest BCUT2D eigenvalue weighted by Crippen LogP contribution is -2.27. The Kier molecular flexibility index (Phi) is 6.87. The highest BCUT2D eigenvalue weighted by Gasteiger charge is 2.33. The highest BCUT2D eigenvalue weighted by molar-refractivity contribution is 6.31. The topological polar surface area (TPSA) is 96.7 Å². The largest absolute Gasteiger partial charge is 0.365 e. The number of rotatable bonds is 7. The summed E-state index contributed by atoms with van der Waals surface area (Å²) in [6, 6.07) is 5.92. The number of carbonyl (C=O) groups is 1. The van der Waals surface area contributed by atoms with Crippen molar-refractivity contribution in [2.75, 3.05) is 5.32 Å². The molecule has 3 atom stereocenters. The maximum atomic E-state index is 13.4. The number of halogens is 4. The number of anilines is 2. The van der Waals surface area contributed by atoms with E-state index in [0.717, 1.165) is 0 Å². The molecule has 3 N–H and O–H groups in total. The van der Waals surface area contributed by atoms with E-state index in [0.29, 0.717) is 31.4 Å². The van der Waals surface area contributed by atoms with Gasteiger partial charge in [0, 0.05) is 18.3 Å². The van der Waals surface area contributed by atoms with E-state index in [1.165, 1.54) is 29.1 Å². The molecule has 160 valence electrons. The molecule has 10 heteroatoms. The van der Waals surface area contributed by atoms with Crippen molar-refractivity contribution in [2.45, 2.75) is 44.6 Å². The van der Waals surface area contributed by atoms with Gasteiger partial charge in [-0.15, -0.1) is 0 Å². The molecule has 1 saturated carbocycles. The average Bonchev–Trinajstić information content (AvgIpc) is 3.12. The number of hydrogen-bond acceptors (Lipinski definition) is 4. The number of nitrogens with two attached hydrogens (primary N) is 1. The molecule has 30 heavy (non-hydrogen) atoms. The van der Waals surface area contributed by atoms with Crippen molar-refractivity contribution in [1.82, 2.24) is 9.78 Å². The van der Waals surface area contributed by atoms with Gasteiger partial charge < -0.3 is 11.1 Å². The zero-order chi connectivity index (χ0) is 21.8. The van der Waals surface area contributed by atoms with E-state index in [2.05, 4.69) is 16.5 Å². The van der Waals surface area contributed by atoms with Crippen LogP contribution in [0, 0.1) is 29.0 Å². The van der Waals surface area contributed by atoms with Crippen molar-refractivity contribution in [2.24, 2.45) is 17.6 Å². The highest BCUT2D eigenvalue weighted by Crippen LogP contribution is 2.39. The number of amides is 1. The Morgan fingerprint density at radius 2 is 2.20 bits per heavy atom. The second-order valence-corrected chi connectivity index (χ2v) is 7.85. The van der Waals surface area contributed by atoms with E-state index in [1.54, 1.807) is 0 Å². The monoisotopic (exact) mass is 439 g/mol. The number of nitrogens with one attached hydrogen (secondary N) is 1. The van der Waals surface area contributed by atoms with Gasteiger partial charge in [0.2, 0.25) is 6.43 Å². The number of nitriles is 1. The first-order chi connectivity index (χ1) is 14.3. The van der Waals surface area contributed by atoms with Crippen LogP contribution in [0.1, 0.15) is 48.5 Å². The summed E-state index contributed by atoms with van der Waals surface area (Å²) in [5, 5.41) is 16.8. The summed E-state index contributed by atoms with van der Waals surface area (Å²) in [7, 11) is 0. The van der Waals surface area contributed by atoms with E-state index in [-0.39, 0.29) is 34.8 Å². The molecule has 1 fully saturated rings. The molecule has 1 aliphatic carbocycles. The van der Waals surface area contributed by atoms with E-state index in [9.17, 15) is 23.2 Å². The summed E-state index contributed by atoms with van der Waals surface area (Å²) >= 11 is 5.79. The summed E-state index contributed by atoms with van der Waals surface area (Å²) in [6.07, 6.45) is 1.11. The molecule has 2 aromatic rings. The molecule has 1 amide bonds. The van der Waals surface area contributed by atoms with Crippen LogP contribution in [0.3, 0.4) is 0 Å². The molecule has 1 aromatic carbocycles. The predicted molar refractivity (Wildman–Crippen MR) is 106 cm³/mol. The van der Waals surface area contributed by atoms with E-state index >= 15 is 0 Å². The fourth-order valence-electron chi connectivity index (χ4n) is 3.87. The number of aromatic nitrogens is 2. The van der Waals surface area contributed by atoms with Crippen molar-refractivity contribution in [3.63, 3.8) is 0 Å². The maximum Gasteiger partial charge on any atom is 0.254 e. The van der Waals surface area contributed by atoms with Gasteiger partial charge in [0.25, 0.3) is 5.91 Å². The third-order valence-corrected chi connectivity index (χ3v) is 5.69. The number of hydrogen-bond donors (Lipinski definition) is 2. The molecule has 0 radical (unpaired) electrons. The quantitative estimate of drug-likeness (QED) is 0.631. The SMILES string of the molecule is N#C[C@H]1C[C@@H](CCC(F)F)CC[C@@H]1n1cc(C(N)=O)c(Nc2ccc(F)c(Cl)c2)n1. The minimum absolute atomic E-state index is 0.0602. The molecular weight excluding hydrogens is 419 g/mol. The number of carbonyl (C=O) groups excluding carboxylic acids is 1.